The Morgan fingerprint density at radius 3 is 2.57 bits per heavy atom. The van der Waals surface area contributed by atoms with Gasteiger partial charge >= 0.3 is 0 Å². The molecule has 0 amide bonds. The summed E-state index contributed by atoms with van der Waals surface area (Å²) in [6.45, 7) is 0.370. The number of rotatable bonds is 5. The zero-order valence-corrected chi connectivity index (χ0v) is 13.5. The summed E-state index contributed by atoms with van der Waals surface area (Å²) in [6, 6.07) is 16.1. The van der Waals surface area contributed by atoms with Crippen molar-refractivity contribution in [3.8, 4) is 17.1 Å². The van der Waals surface area contributed by atoms with Gasteiger partial charge in [0.25, 0.3) is 5.69 Å². The van der Waals surface area contributed by atoms with Gasteiger partial charge in [-0.15, -0.1) is 0 Å². The number of hydrogen-bond donors (Lipinski definition) is 0. The summed E-state index contributed by atoms with van der Waals surface area (Å²) in [5, 5.41) is 11.3. The second-order valence-electron chi connectivity index (χ2n) is 4.81. The van der Waals surface area contributed by atoms with Crippen molar-refractivity contribution in [1.82, 2.24) is 0 Å². The Balaban J connectivity index is 1.95. The van der Waals surface area contributed by atoms with Crippen molar-refractivity contribution in [2.24, 2.45) is 0 Å². The highest BCUT2D eigenvalue weighted by molar-refractivity contribution is 9.10. The number of nitro groups is 1. The Morgan fingerprint density at radius 2 is 1.91 bits per heavy atom. The Morgan fingerprint density at radius 1 is 1.13 bits per heavy atom. The lowest BCUT2D eigenvalue weighted by molar-refractivity contribution is -0.384. The highest BCUT2D eigenvalue weighted by Gasteiger charge is 2.21. The summed E-state index contributed by atoms with van der Waals surface area (Å²) in [7, 11) is 0. The number of ether oxygens (including phenoxy) is 1. The molecule has 1 aromatic heterocycles. The minimum Gasteiger partial charge on any atom is -0.488 e. The highest BCUT2D eigenvalue weighted by Crippen LogP contribution is 2.38. The van der Waals surface area contributed by atoms with E-state index in [4.69, 9.17) is 9.15 Å². The van der Waals surface area contributed by atoms with Gasteiger partial charge in [0.1, 0.15) is 18.1 Å². The van der Waals surface area contributed by atoms with Gasteiger partial charge in [-0.1, -0.05) is 30.3 Å². The molecule has 0 unspecified atom stereocenters. The number of nitro benzene ring substituents is 1. The normalized spacial score (nSPS) is 10.5. The van der Waals surface area contributed by atoms with E-state index < -0.39 is 4.92 Å². The molecular formula is C17H12BrNO4. The Labute approximate surface area is 140 Å². The van der Waals surface area contributed by atoms with Crippen LogP contribution < -0.4 is 4.74 Å². The fourth-order valence-corrected chi connectivity index (χ4v) is 2.61. The molecular weight excluding hydrogens is 362 g/mol. The van der Waals surface area contributed by atoms with E-state index in [9.17, 15) is 10.1 Å². The standard InChI is InChI=1S/C17H12BrNO4/c18-14-10-15(19(20)21)13(16-7-4-8-22-16)9-17(14)23-11-12-5-2-1-3-6-12/h1-10H,11H2. The zero-order chi connectivity index (χ0) is 16.2. The third-order valence-electron chi connectivity index (χ3n) is 3.27. The molecule has 0 fully saturated rings. The first kappa shape index (κ1) is 15.3. The van der Waals surface area contributed by atoms with Gasteiger partial charge in [0.05, 0.1) is 21.2 Å². The van der Waals surface area contributed by atoms with Crippen LogP contribution in [-0.4, -0.2) is 4.92 Å². The maximum absolute atomic E-state index is 11.3. The van der Waals surface area contributed by atoms with Crippen molar-refractivity contribution in [1.29, 1.82) is 0 Å². The van der Waals surface area contributed by atoms with Gasteiger partial charge in [-0.3, -0.25) is 10.1 Å². The number of hydrogen-bond acceptors (Lipinski definition) is 4. The van der Waals surface area contributed by atoms with Crippen LogP contribution in [0.1, 0.15) is 5.56 Å². The third-order valence-corrected chi connectivity index (χ3v) is 3.89. The van der Waals surface area contributed by atoms with Gasteiger partial charge < -0.3 is 9.15 Å². The molecule has 116 valence electrons. The maximum Gasteiger partial charge on any atom is 0.281 e. The van der Waals surface area contributed by atoms with Gasteiger partial charge in [0, 0.05) is 6.07 Å². The molecule has 2 aromatic carbocycles. The second kappa shape index (κ2) is 6.66. The molecule has 3 rings (SSSR count). The molecule has 0 saturated heterocycles. The first-order valence-electron chi connectivity index (χ1n) is 6.83. The molecule has 6 heteroatoms. The summed E-state index contributed by atoms with van der Waals surface area (Å²) in [5.41, 5.74) is 1.35. The molecule has 0 radical (unpaired) electrons. The van der Waals surface area contributed by atoms with E-state index in [-0.39, 0.29) is 5.69 Å². The van der Waals surface area contributed by atoms with E-state index in [1.807, 2.05) is 30.3 Å². The number of benzene rings is 2. The van der Waals surface area contributed by atoms with Crippen LogP contribution in [0.25, 0.3) is 11.3 Å². The van der Waals surface area contributed by atoms with Crippen LogP contribution in [-0.2, 0) is 6.61 Å². The Kier molecular flexibility index (Phi) is 4.43. The molecule has 0 aliphatic heterocycles. The minimum atomic E-state index is -0.441. The third kappa shape index (κ3) is 3.43. The quantitative estimate of drug-likeness (QED) is 0.455. The van der Waals surface area contributed by atoms with Crippen LogP contribution in [0, 0.1) is 10.1 Å². The van der Waals surface area contributed by atoms with Crippen LogP contribution in [0.3, 0.4) is 0 Å². The van der Waals surface area contributed by atoms with Crippen molar-refractivity contribution >= 4 is 21.6 Å². The van der Waals surface area contributed by atoms with E-state index >= 15 is 0 Å². The van der Waals surface area contributed by atoms with Crippen LogP contribution in [0.15, 0.2) is 69.8 Å². The predicted octanol–water partition coefficient (Wildman–Crippen LogP) is 5.20. The predicted molar refractivity (Wildman–Crippen MR) is 89.3 cm³/mol. The Bertz CT molecular complexity index is 816. The fourth-order valence-electron chi connectivity index (χ4n) is 2.17. The topological polar surface area (TPSA) is 65.5 Å². The molecule has 5 nitrogen and oxygen atoms in total. The molecule has 0 spiro atoms. The first-order valence-corrected chi connectivity index (χ1v) is 7.63. The van der Waals surface area contributed by atoms with Gasteiger partial charge in [0.15, 0.2) is 0 Å². The minimum absolute atomic E-state index is 0.0427. The summed E-state index contributed by atoms with van der Waals surface area (Å²) < 4.78 is 11.6. The lowest BCUT2D eigenvalue weighted by Gasteiger charge is -2.10. The molecule has 0 saturated carbocycles. The van der Waals surface area contributed by atoms with Crippen molar-refractivity contribution in [2.75, 3.05) is 0 Å². The average Bonchev–Trinajstić information content (AvgIpc) is 3.08. The summed E-state index contributed by atoms with van der Waals surface area (Å²) in [4.78, 5) is 10.8. The van der Waals surface area contributed by atoms with Crippen molar-refractivity contribution in [3.63, 3.8) is 0 Å². The average molecular weight is 374 g/mol. The highest BCUT2D eigenvalue weighted by atomic mass is 79.9. The van der Waals surface area contributed by atoms with Crippen LogP contribution in [0.5, 0.6) is 5.75 Å². The molecule has 0 aliphatic rings. The largest absolute Gasteiger partial charge is 0.488 e. The van der Waals surface area contributed by atoms with Gasteiger partial charge in [0.2, 0.25) is 0 Å². The van der Waals surface area contributed by atoms with Crippen LogP contribution in [0.4, 0.5) is 5.69 Å². The number of furan rings is 1. The molecule has 0 aliphatic carbocycles. The summed E-state index contributed by atoms with van der Waals surface area (Å²) in [6.07, 6.45) is 1.48. The second-order valence-corrected chi connectivity index (χ2v) is 5.66. The van der Waals surface area contributed by atoms with E-state index in [2.05, 4.69) is 15.9 Å². The number of halogens is 1. The van der Waals surface area contributed by atoms with E-state index in [1.165, 1.54) is 12.3 Å². The van der Waals surface area contributed by atoms with Gasteiger partial charge in [-0.05, 0) is 39.7 Å². The van der Waals surface area contributed by atoms with E-state index in [0.29, 0.717) is 28.2 Å². The zero-order valence-electron chi connectivity index (χ0n) is 11.9. The molecule has 0 bridgehead atoms. The molecule has 1 heterocycles. The van der Waals surface area contributed by atoms with Crippen molar-refractivity contribution in [3.05, 3.63) is 81.0 Å². The molecule has 23 heavy (non-hydrogen) atoms. The maximum atomic E-state index is 11.3. The number of nitrogens with zero attached hydrogens (tertiary/aromatic N) is 1. The van der Waals surface area contributed by atoms with E-state index in [1.54, 1.807) is 18.2 Å². The van der Waals surface area contributed by atoms with E-state index in [0.717, 1.165) is 5.56 Å². The van der Waals surface area contributed by atoms with Crippen LogP contribution in [0.2, 0.25) is 0 Å². The fraction of sp³-hybridized carbons (Fsp3) is 0.0588. The SMILES string of the molecule is O=[N+]([O-])c1cc(Br)c(OCc2ccccc2)cc1-c1ccco1. The monoisotopic (exact) mass is 373 g/mol. The lowest BCUT2D eigenvalue weighted by atomic mass is 10.1. The van der Waals surface area contributed by atoms with Crippen molar-refractivity contribution in [2.45, 2.75) is 6.61 Å². The van der Waals surface area contributed by atoms with Crippen LogP contribution >= 0.6 is 15.9 Å². The van der Waals surface area contributed by atoms with Crippen molar-refractivity contribution < 1.29 is 14.1 Å². The van der Waals surface area contributed by atoms with Gasteiger partial charge in [-0.2, -0.15) is 0 Å². The molecule has 0 N–H and O–H groups in total. The first-order chi connectivity index (χ1) is 11.1. The summed E-state index contributed by atoms with van der Waals surface area (Å²) in [5.74, 6) is 0.944. The molecule has 3 aromatic rings. The lowest BCUT2D eigenvalue weighted by Crippen LogP contribution is -1.98. The van der Waals surface area contributed by atoms with Gasteiger partial charge in [-0.25, -0.2) is 0 Å². The smallest absolute Gasteiger partial charge is 0.281 e. The Hall–Kier alpha value is -2.60. The summed E-state index contributed by atoms with van der Waals surface area (Å²) >= 11 is 3.33. The molecule has 0 atom stereocenters.